The van der Waals surface area contributed by atoms with Crippen LogP contribution in [-0.2, 0) is 20.8 Å². The normalized spacial score (nSPS) is 14.1. The van der Waals surface area contributed by atoms with Crippen LogP contribution in [0.25, 0.3) is 5.57 Å². The molecule has 3 amide bonds. The van der Waals surface area contributed by atoms with Gasteiger partial charge in [0.15, 0.2) is 5.76 Å². The van der Waals surface area contributed by atoms with Crippen molar-refractivity contribution in [2.24, 2.45) is 0 Å². The lowest BCUT2D eigenvalue weighted by Crippen LogP contribution is -2.33. The summed E-state index contributed by atoms with van der Waals surface area (Å²) >= 11 is 0. The van der Waals surface area contributed by atoms with E-state index in [4.69, 9.17) is 0 Å². The minimum atomic E-state index is -0.761. The number of anilines is 1. The Morgan fingerprint density at radius 1 is 1.04 bits per heavy atom. The predicted octanol–water partition coefficient (Wildman–Crippen LogP) is 2.66. The monoisotopic (exact) mass is 368 g/mol. The lowest BCUT2D eigenvalue weighted by Gasteiger charge is -2.14. The fourth-order valence-electron chi connectivity index (χ4n) is 2.84. The van der Waals surface area contributed by atoms with E-state index in [-0.39, 0.29) is 23.8 Å². The van der Waals surface area contributed by atoms with Gasteiger partial charge in [0.25, 0.3) is 11.8 Å². The number of halogens is 1. The number of aliphatic hydroxyl groups excluding tert-OH is 1. The summed E-state index contributed by atoms with van der Waals surface area (Å²) in [5.41, 5.74) is 1.61. The summed E-state index contributed by atoms with van der Waals surface area (Å²) in [5.74, 6) is -2.55. The summed E-state index contributed by atoms with van der Waals surface area (Å²) in [5, 5.41) is 12.7. The minimum absolute atomic E-state index is 0.0703. The second kappa shape index (κ2) is 7.41. The van der Waals surface area contributed by atoms with Crippen molar-refractivity contribution in [2.75, 3.05) is 11.9 Å². The zero-order valence-corrected chi connectivity index (χ0v) is 14.5. The molecule has 0 bridgehead atoms. The van der Waals surface area contributed by atoms with Gasteiger partial charge in [-0.15, -0.1) is 0 Å². The summed E-state index contributed by atoms with van der Waals surface area (Å²) in [6.07, 6.45) is 0.347. The molecule has 0 saturated carbocycles. The van der Waals surface area contributed by atoms with Gasteiger partial charge in [0, 0.05) is 19.2 Å². The number of hydrogen-bond donors (Lipinski definition) is 2. The molecule has 0 spiro atoms. The standard InChI is InChI=1S/C20H17FN2O4/c1-12(24)22-16-8-4-14(5-9-16)17-18(25)20(27)23(19(17)26)11-10-13-2-6-15(21)7-3-13/h2-9,25H,10-11H2,1H3,(H,22,24). The van der Waals surface area contributed by atoms with Crippen LogP contribution in [0.4, 0.5) is 10.1 Å². The first-order chi connectivity index (χ1) is 12.9. The molecule has 1 aliphatic rings. The molecule has 2 aromatic rings. The average Bonchev–Trinajstić information content (AvgIpc) is 2.84. The number of benzene rings is 2. The topological polar surface area (TPSA) is 86.7 Å². The Balaban J connectivity index is 1.75. The molecule has 7 heteroatoms. The number of carbonyl (C=O) groups excluding carboxylic acids is 3. The van der Waals surface area contributed by atoms with Crippen LogP contribution in [-0.4, -0.2) is 34.3 Å². The summed E-state index contributed by atoms with van der Waals surface area (Å²) in [4.78, 5) is 36.9. The van der Waals surface area contributed by atoms with E-state index in [1.165, 1.54) is 19.1 Å². The third-order valence-electron chi connectivity index (χ3n) is 4.17. The van der Waals surface area contributed by atoms with Gasteiger partial charge in [0.1, 0.15) is 5.82 Å². The maximum absolute atomic E-state index is 13.0. The van der Waals surface area contributed by atoms with E-state index in [9.17, 15) is 23.9 Å². The molecule has 2 aromatic carbocycles. The van der Waals surface area contributed by atoms with Gasteiger partial charge in [-0.2, -0.15) is 0 Å². The highest BCUT2D eigenvalue weighted by molar-refractivity contribution is 6.34. The highest BCUT2D eigenvalue weighted by Crippen LogP contribution is 2.29. The van der Waals surface area contributed by atoms with Gasteiger partial charge in [0.05, 0.1) is 5.57 Å². The quantitative estimate of drug-likeness (QED) is 0.795. The van der Waals surface area contributed by atoms with Crippen LogP contribution in [0.15, 0.2) is 54.3 Å². The van der Waals surface area contributed by atoms with Crippen LogP contribution in [0.2, 0.25) is 0 Å². The maximum Gasteiger partial charge on any atom is 0.296 e. The second-order valence-electron chi connectivity index (χ2n) is 6.12. The molecule has 0 unspecified atom stereocenters. The van der Waals surface area contributed by atoms with Gasteiger partial charge < -0.3 is 10.4 Å². The summed E-state index contributed by atoms with van der Waals surface area (Å²) in [6.45, 7) is 1.45. The lowest BCUT2D eigenvalue weighted by molar-refractivity contribution is -0.138. The van der Waals surface area contributed by atoms with Crippen molar-refractivity contribution in [1.82, 2.24) is 4.90 Å². The van der Waals surface area contributed by atoms with Crippen molar-refractivity contribution < 1.29 is 23.9 Å². The van der Waals surface area contributed by atoms with Gasteiger partial charge >= 0.3 is 0 Å². The first-order valence-corrected chi connectivity index (χ1v) is 8.28. The molecular formula is C20H17FN2O4. The van der Waals surface area contributed by atoms with E-state index in [0.717, 1.165) is 10.5 Å². The zero-order chi connectivity index (χ0) is 19.6. The minimum Gasteiger partial charge on any atom is -0.502 e. The largest absolute Gasteiger partial charge is 0.502 e. The van der Waals surface area contributed by atoms with Crippen molar-refractivity contribution in [3.8, 4) is 0 Å². The maximum atomic E-state index is 13.0. The van der Waals surface area contributed by atoms with Crippen LogP contribution < -0.4 is 5.32 Å². The Labute approximate surface area is 154 Å². The molecule has 3 rings (SSSR count). The average molecular weight is 368 g/mol. The summed E-state index contributed by atoms with van der Waals surface area (Å²) in [6, 6.07) is 12.0. The molecule has 27 heavy (non-hydrogen) atoms. The third kappa shape index (κ3) is 3.87. The van der Waals surface area contributed by atoms with Gasteiger partial charge in [-0.3, -0.25) is 19.3 Å². The molecule has 0 aliphatic carbocycles. The molecule has 0 fully saturated rings. The van der Waals surface area contributed by atoms with Crippen molar-refractivity contribution in [3.63, 3.8) is 0 Å². The van der Waals surface area contributed by atoms with E-state index >= 15 is 0 Å². The molecule has 0 radical (unpaired) electrons. The highest BCUT2D eigenvalue weighted by atomic mass is 19.1. The van der Waals surface area contributed by atoms with Crippen LogP contribution in [0.3, 0.4) is 0 Å². The van der Waals surface area contributed by atoms with Crippen LogP contribution in [0.1, 0.15) is 18.1 Å². The van der Waals surface area contributed by atoms with Gasteiger partial charge in [-0.25, -0.2) is 4.39 Å². The fourth-order valence-corrected chi connectivity index (χ4v) is 2.84. The number of rotatable bonds is 5. The molecule has 0 saturated heterocycles. The summed E-state index contributed by atoms with van der Waals surface area (Å²) in [7, 11) is 0. The Kier molecular flexibility index (Phi) is 5.03. The first-order valence-electron chi connectivity index (χ1n) is 8.28. The summed E-state index contributed by atoms with van der Waals surface area (Å²) < 4.78 is 13.0. The van der Waals surface area contributed by atoms with E-state index in [2.05, 4.69) is 5.32 Å². The number of aliphatic hydroxyl groups is 1. The molecule has 1 aliphatic heterocycles. The highest BCUT2D eigenvalue weighted by Gasteiger charge is 2.38. The number of amides is 3. The van der Waals surface area contributed by atoms with Crippen molar-refractivity contribution in [3.05, 3.63) is 71.2 Å². The Morgan fingerprint density at radius 2 is 1.67 bits per heavy atom. The fraction of sp³-hybridized carbons (Fsp3) is 0.150. The van der Waals surface area contributed by atoms with Gasteiger partial charge in [0.2, 0.25) is 5.91 Å². The predicted molar refractivity (Wildman–Crippen MR) is 97.1 cm³/mol. The van der Waals surface area contributed by atoms with Gasteiger partial charge in [-0.1, -0.05) is 24.3 Å². The van der Waals surface area contributed by atoms with Gasteiger partial charge in [-0.05, 0) is 41.8 Å². The SMILES string of the molecule is CC(=O)Nc1ccc(C2=C(O)C(=O)N(CCc3ccc(F)cc3)C2=O)cc1. The van der Waals surface area contributed by atoms with Crippen molar-refractivity contribution in [1.29, 1.82) is 0 Å². The number of nitrogens with one attached hydrogen (secondary N) is 1. The molecular weight excluding hydrogens is 351 g/mol. The third-order valence-corrected chi connectivity index (χ3v) is 4.17. The Hall–Kier alpha value is -3.48. The lowest BCUT2D eigenvalue weighted by atomic mass is 10.0. The zero-order valence-electron chi connectivity index (χ0n) is 14.5. The van der Waals surface area contributed by atoms with E-state index in [0.29, 0.717) is 17.7 Å². The number of nitrogens with zero attached hydrogens (tertiary/aromatic N) is 1. The van der Waals surface area contributed by atoms with Crippen molar-refractivity contribution in [2.45, 2.75) is 13.3 Å². The number of carbonyl (C=O) groups is 3. The first kappa shape index (κ1) is 18.3. The number of imide groups is 1. The van der Waals surface area contributed by atoms with Crippen molar-refractivity contribution >= 4 is 29.0 Å². The van der Waals surface area contributed by atoms with Crippen LogP contribution in [0.5, 0.6) is 0 Å². The molecule has 0 aromatic heterocycles. The van der Waals surface area contributed by atoms with E-state index < -0.39 is 17.6 Å². The smallest absolute Gasteiger partial charge is 0.296 e. The Morgan fingerprint density at radius 3 is 2.26 bits per heavy atom. The molecule has 6 nitrogen and oxygen atoms in total. The van der Waals surface area contributed by atoms with E-state index in [1.54, 1.807) is 36.4 Å². The van der Waals surface area contributed by atoms with Crippen LogP contribution in [0, 0.1) is 5.82 Å². The Bertz CT molecular complexity index is 933. The number of hydrogen-bond acceptors (Lipinski definition) is 4. The molecule has 138 valence electrons. The molecule has 2 N–H and O–H groups in total. The van der Waals surface area contributed by atoms with E-state index in [1.807, 2.05) is 0 Å². The molecule has 0 atom stereocenters. The van der Waals surface area contributed by atoms with Crippen LogP contribution >= 0.6 is 0 Å². The second-order valence-corrected chi connectivity index (χ2v) is 6.12. The molecule has 1 heterocycles.